The molecule has 0 spiro atoms. The second-order valence-electron chi connectivity index (χ2n) is 7.43. The molecular weight excluding hydrogens is 418 g/mol. The standard InChI is InChI=1S/C21H29N5O2S2/c1-2-22-21(25-14-12-24(13-15-25)20-8-5-16-29-20)23-10-17-30(27,28)26-11-9-18-6-3-4-7-19(18)26/h3-8,16H,2,9-15,17H2,1H3,(H,22,23). The van der Waals surface area contributed by atoms with Gasteiger partial charge in [-0.15, -0.1) is 11.3 Å². The van der Waals surface area contributed by atoms with Crippen LogP contribution in [0.2, 0.25) is 0 Å². The fourth-order valence-electron chi connectivity index (χ4n) is 3.99. The highest BCUT2D eigenvalue weighted by Gasteiger charge is 2.29. The predicted octanol–water partition coefficient (Wildman–Crippen LogP) is 2.23. The lowest BCUT2D eigenvalue weighted by atomic mass is 10.2. The number of nitrogens with zero attached hydrogens (tertiary/aromatic N) is 4. The van der Waals surface area contributed by atoms with Gasteiger partial charge in [-0.1, -0.05) is 18.2 Å². The van der Waals surface area contributed by atoms with Crippen molar-refractivity contribution in [2.75, 3.05) is 60.8 Å². The summed E-state index contributed by atoms with van der Waals surface area (Å²) in [5.41, 5.74) is 1.92. The van der Waals surface area contributed by atoms with Crippen LogP contribution in [-0.2, 0) is 16.4 Å². The zero-order chi connectivity index (χ0) is 21.0. The lowest BCUT2D eigenvalue weighted by Gasteiger charge is -2.37. The number of hydrogen-bond donors (Lipinski definition) is 1. The van der Waals surface area contributed by atoms with Gasteiger partial charge in [0, 0.05) is 39.3 Å². The third kappa shape index (κ3) is 4.57. The molecule has 0 bridgehead atoms. The van der Waals surface area contributed by atoms with E-state index in [1.807, 2.05) is 31.2 Å². The molecule has 1 saturated heterocycles. The molecule has 1 fully saturated rings. The summed E-state index contributed by atoms with van der Waals surface area (Å²) in [4.78, 5) is 9.26. The highest BCUT2D eigenvalue weighted by molar-refractivity contribution is 7.92. The van der Waals surface area contributed by atoms with Crippen molar-refractivity contribution in [3.63, 3.8) is 0 Å². The molecule has 4 rings (SSSR count). The Labute approximate surface area is 183 Å². The van der Waals surface area contributed by atoms with Gasteiger partial charge in [-0.25, -0.2) is 8.42 Å². The van der Waals surface area contributed by atoms with Gasteiger partial charge in [0.15, 0.2) is 5.96 Å². The Morgan fingerprint density at radius 2 is 1.90 bits per heavy atom. The first-order valence-corrected chi connectivity index (χ1v) is 13.0. The number of thiophene rings is 1. The lowest BCUT2D eigenvalue weighted by molar-refractivity contribution is 0.374. The van der Waals surface area contributed by atoms with Crippen LogP contribution in [0.3, 0.4) is 0 Å². The number of rotatable bonds is 6. The smallest absolute Gasteiger partial charge is 0.237 e. The van der Waals surface area contributed by atoms with Crippen LogP contribution in [0.1, 0.15) is 12.5 Å². The molecule has 0 atom stereocenters. The number of nitrogens with one attached hydrogen (secondary N) is 1. The number of aliphatic imine (C=N–C) groups is 1. The topological polar surface area (TPSA) is 68.2 Å². The number of piperazine rings is 1. The fourth-order valence-corrected chi connectivity index (χ4v) is 6.16. The first kappa shape index (κ1) is 21.0. The molecule has 0 unspecified atom stereocenters. The molecule has 3 heterocycles. The van der Waals surface area contributed by atoms with Crippen LogP contribution >= 0.6 is 11.3 Å². The number of benzene rings is 1. The molecule has 2 aromatic rings. The number of guanidine groups is 1. The van der Waals surface area contributed by atoms with E-state index in [0.29, 0.717) is 6.54 Å². The first-order valence-electron chi connectivity index (χ1n) is 10.5. The van der Waals surface area contributed by atoms with Crippen LogP contribution in [0, 0.1) is 0 Å². The van der Waals surface area contributed by atoms with Gasteiger partial charge in [0.2, 0.25) is 10.0 Å². The summed E-state index contributed by atoms with van der Waals surface area (Å²) in [5.74, 6) is 0.825. The van der Waals surface area contributed by atoms with Crippen LogP contribution in [0.5, 0.6) is 0 Å². The van der Waals surface area contributed by atoms with Gasteiger partial charge >= 0.3 is 0 Å². The highest BCUT2D eigenvalue weighted by Crippen LogP contribution is 2.30. The van der Waals surface area contributed by atoms with Crippen molar-refractivity contribution in [3.05, 3.63) is 47.3 Å². The summed E-state index contributed by atoms with van der Waals surface area (Å²) < 4.78 is 27.4. The molecule has 0 radical (unpaired) electrons. The molecule has 0 saturated carbocycles. The quantitative estimate of drug-likeness (QED) is 0.543. The lowest BCUT2D eigenvalue weighted by Crippen LogP contribution is -2.52. The Morgan fingerprint density at radius 3 is 2.63 bits per heavy atom. The van der Waals surface area contributed by atoms with E-state index in [0.717, 1.165) is 56.4 Å². The average Bonchev–Trinajstić information content (AvgIpc) is 3.43. The molecule has 7 nitrogen and oxygen atoms in total. The third-order valence-electron chi connectivity index (χ3n) is 5.52. The van der Waals surface area contributed by atoms with E-state index in [-0.39, 0.29) is 12.3 Å². The van der Waals surface area contributed by atoms with Crippen LogP contribution in [0.25, 0.3) is 0 Å². The minimum absolute atomic E-state index is 0.0192. The van der Waals surface area contributed by atoms with Crippen LogP contribution in [0.15, 0.2) is 46.8 Å². The normalized spacial score (nSPS) is 17.4. The zero-order valence-electron chi connectivity index (χ0n) is 17.3. The van der Waals surface area contributed by atoms with Crippen molar-refractivity contribution < 1.29 is 8.42 Å². The molecule has 1 aromatic carbocycles. The maximum absolute atomic E-state index is 12.9. The molecule has 162 valence electrons. The summed E-state index contributed by atoms with van der Waals surface area (Å²) in [6, 6.07) is 12.0. The van der Waals surface area contributed by atoms with Crippen LogP contribution in [-0.4, -0.2) is 70.8 Å². The number of sulfonamides is 1. The summed E-state index contributed by atoms with van der Waals surface area (Å²) in [6.07, 6.45) is 0.774. The number of hydrogen-bond acceptors (Lipinski definition) is 5. The van der Waals surface area contributed by atoms with Crippen molar-refractivity contribution >= 4 is 38.0 Å². The van der Waals surface area contributed by atoms with E-state index in [1.54, 1.807) is 15.6 Å². The fraction of sp³-hybridized carbons (Fsp3) is 0.476. The predicted molar refractivity (Wildman–Crippen MR) is 125 cm³/mol. The molecule has 1 aromatic heterocycles. The van der Waals surface area contributed by atoms with Gasteiger partial charge < -0.3 is 15.1 Å². The minimum Gasteiger partial charge on any atom is -0.360 e. The maximum Gasteiger partial charge on any atom is 0.237 e. The van der Waals surface area contributed by atoms with Crippen molar-refractivity contribution in [1.29, 1.82) is 0 Å². The molecular formula is C21H29N5O2S2. The van der Waals surface area contributed by atoms with E-state index in [1.165, 1.54) is 5.00 Å². The number of para-hydroxylation sites is 1. The van der Waals surface area contributed by atoms with Crippen molar-refractivity contribution in [3.8, 4) is 0 Å². The minimum atomic E-state index is -3.38. The van der Waals surface area contributed by atoms with Gasteiger partial charge in [-0.2, -0.15) is 0 Å². The molecule has 2 aliphatic heterocycles. The van der Waals surface area contributed by atoms with Crippen LogP contribution in [0.4, 0.5) is 10.7 Å². The van der Waals surface area contributed by atoms with Gasteiger partial charge in [0.05, 0.1) is 23.0 Å². The van der Waals surface area contributed by atoms with E-state index >= 15 is 0 Å². The Hall–Kier alpha value is -2.26. The average molecular weight is 448 g/mol. The Balaban J connectivity index is 1.36. The monoisotopic (exact) mass is 447 g/mol. The summed E-state index contributed by atoms with van der Waals surface area (Å²) >= 11 is 1.76. The van der Waals surface area contributed by atoms with E-state index in [9.17, 15) is 8.42 Å². The van der Waals surface area contributed by atoms with Crippen LogP contribution < -0.4 is 14.5 Å². The highest BCUT2D eigenvalue weighted by atomic mass is 32.2. The SMILES string of the molecule is CCNC(=NCCS(=O)(=O)N1CCc2ccccc21)N1CCN(c2cccs2)CC1. The Bertz CT molecular complexity index is 967. The van der Waals surface area contributed by atoms with Gasteiger partial charge in [0.1, 0.15) is 0 Å². The van der Waals surface area contributed by atoms with E-state index in [2.05, 4.69) is 37.6 Å². The molecule has 30 heavy (non-hydrogen) atoms. The molecule has 0 amide bonds. The molecule has 0 aliphatic carbocycles. The van der Waals surface area contributed by atoms with E-state index < -0.39 is 10.0 Å². The summed E-state index contributed by atoms with van der Waals surface area (Å²) in [7, 11) is -3.38. The van der Waals surface area contributed by atoms with Gasteiger partial charge in [0.25, 0.3) is 0 Å². The Kier molecular flexibility index (Phi) is 6.48. The molecule has 1 N–H and O–H groups in total. The zero-order valence-corrected chi connectivity index (χ0v) is 19.0. The largest absolute Gasteiger partial charge is 0.360 e. The van der Waals surface area contributed by atoms with E-state index in [4.69, 9.17) is 0 Å². The van der Waals surface area contributed by atoms with Crippen molar-refractivity contribution in [2.24, 2.45) is 4.99 Å². The molecule has 2 aliphatic rings. The maximum atomic E-state index is 12.9. The van der Waals surface area contributed by atoms with Crippen molar-refractivity contribution in [1.82, 2.24) is 10.2 Å². The Morgan fingerprint density at radius 1 is 1.10 bits per heavy atom. The molecule has 9 heteroatoms. The summed E-state index contributed by atoms with van der Waals surface area (Å²) in [5, 5.41) is 6.73. The second-order valence-corrected chi connectivity index (χ2v) is 10.4. The number of fused-ring (bicyclic) bond motifs is 1. The third-order valence-corrected chi connectivity index (χ3v) is 8.20. The van der Waals surface area contributed by atoms with Crippen molar-refractivity contribution in [2.45, 2.75) is 13.3 Å². The second kappa shape index (κ2) is 9.26. The number of anilines is 2. The van der Waals surface area contributed by atoms with Gasteiger partial charge in [-0.05, 0) is 42.5 Å². The first-order chi connectivity index (χ1) is 14.6. The van der Waals surface area contributed by atoms with Gasteiger partial charge in [-0.3, -0.25) is 9.30 Å². The summed E-state index contributed by atoms with van der Waals surface area (Å²) in [6.45, 7) is 7.20.